The normalized spacial score (nSPS) is 12.3. The molecule has 0 aliphatic rings. The van der Waals surface area contributed by atoms with E-state index in [1.54, 1.807) is 13.0 Å². The summed E-state index contributed by atoms with van der Waals surface area (Å²) in [6.45, 7) is 4.08. The fourth-order valence-electron chi connectivity index (χ4n) is 2.03. The number of aromatic carboxylic acids is 1. The highest BCUT2D eigenvalue weighted by molar-refractivity contribution is 6.31. The summed E-state index contributed by atoms with van der Waals surface area (Å²) in [5.41, 5.74) is 1.20. The monoisotopic (exact) mass is 293 g/mol. The van der Waals surface area contributed by atoms with Crippen molar-refractivity contribution in [2.75, 3.05) is 0 Å². The van der Waals surface area contributed by atoms with Crippen LogP contribution >= 0.6 is 11.6 Å². The van der Waals surface area contributed by atoms with E-state index in [9.17, 15) is 4.79 Å². The number of nitrogens with one attached hydrogen (secondary N) is 1. The zero-order valence-electron chi connectivity index (χ0n) is 11.3. The number of benzene rings is 1. The predicted molar refractivity (Wildman–Crippen MR) is 77.1 cm³/mol. The van der Waals surface area contributed by atoms with Gasteiger partial charge in [-0.3, -0.25) is 0 Å². The number of carboxylic acids is 1. The van der Waals surface area contributed by atoms with Gasteiger partial charge in [-0.2, -0.15) is 0 Å². The van der Waals surface area contributed by atoms with Crippen LogP contribution in [0.1, 0.15) is 40.4 Å². The maximum atomic E-state index is 10.9. The molecule has 2 aromatic rings. The van der Waals surface area contributed by atoms with E-state index in [-0.39, 0.29) is 11.6 Å². The van der Waals surface area contributed by atoms with E-state index in [0.29, 0.717) is 23.1 Å². The van der Waals surface area contributed by atoms with E-state index in [4.69, 9.17) is 21.1 Å². The van der Waals surface area contributed by atoms with E-state index in [0.717, 1.165) is 5.56 Å². The van der Waals surface area contributed by atoms with Gasteiger partial charge < -0.3 is 14.8 Å². The minimum atomic E-state index is -0.975. The molecule has 5 heteroatoms. The predicted octanol–water partition coefficient (Wildman–Crippen LogP) is 3.79. The highest BCUT2D eigenvalue weighted by atomic mass is 35.5. The Morgan fingerprint density at radius 3 is 2.75 bits per heavy atom. The van der Waals surface area contributed by atoms with Gasteiger partial charge in [-0.25, -0.2) is 4.79 Å². The Morgan fingerprint density at radius 1 is 1.45 bits per heavy atom. The first-order valence-corrected chi connectivity index (χ1v) is 6.67. The van der Waals surface area contributed by atoms with Gasteiger partial charge in [-0.1, -0.05) is 29.8 Å². The quantitative estimate of drug-likeness (QED) is 0.880. The SMILES string of the molecule is Cc1oc(CN[C@H](C)c2ccccc2Cl)cc1C(=O)O. The second kappa shape index (κ2) is 6.11. The van der Waals surface area contributed by atoms with Gasteiger partial charge in [-0.15, -0.1) is 0 Å². The summed E-state index contributed by atoms with van der Waals surface area (Å²) in [5, 5.41) is 12.9. The fourth-order valence-corrected chi connectivity index (χ4v) is 2.33. The van der Waals surface area contributed by atoms with Crippen molar-refractivity contribution in [1.82, 2.24) is 5.32 Å². The van der Waals surface area contributed by atoms with Crippen LogP contribution in [0.5, 0.6) is 0 Å². The molecule has 20 heavy (non-hydrogen) atoms. The van der Waals surface area contributed by atoms with Crippen molar-refractivity contribution >= 4 is 17.6 Å². The van der Waals surface area contributed by atoms with Crippen molar-refractivity contribution in [2.24, 2.45) is 0 Å². The number of furan rings is 1. The van der Waals surface area contributed by atoms with Crippen LogP contribution in [0.3, 0.4) is 0 Å². The third kappa shape index (κ3) is 3.21. The van der Waals surface area contributed by atoms with Crippen molar-refractivity contribution in [1.29, 1.82) is 0 Å². The van der Waals surface area contributed by atoms with E-state index in [1.165, 1.54) is 0 Å². The van der Waals surface area contributed by atoms with Crippen LogP contribution in [0.15, 0.2) is 34.7 Å². The molecule has 1 aromatic carbocycles. The molecular weight excluding hydrogens is 278 g/mol. The molecule has 0 radical (unpaired) electrons. The molecule has 2 rings (SSSR count). The van der Waals surface area contributed by atoms with Crippen LogP contribution in [0.25, 0.3) is 0 Å². The van der Waals surface area contributed by atoms with Gasteiger partial charge in [0.15, 0.2) is 0 Å². The van der Waals surface area contributed by atoms with Gasteiger partial charge >= 0.3 is 5.97 Å². The molecule has 0 saturated heterocycles. The van der Waals surface area contributed by atoms with Crippen molar-refractivity contribution in [3.63, 3.8) is 0 Å². The van der Waals surface area contributed by atoms with Gasteiger partial charge in [0, 0.05) is 11.1 Å². The number of hydrogen-bond acceptors (Lipinski definition) is 3. The van der Waals surface area contributed by atoms with Gasteiger partial charge in [-0.05, 0) is 31.5 Å². The molecule has 0 unspecified atom stereocenters. The summed E-state index contributed by atoms with van der Waals surface area (Å²) in [6, 6.07) is 9.20. The van der Waals surface area contributed by atoms with Crippen molar-refractivity contribution in [3.8, 4) is 0 Å². The number of halogens is 1. The van der Waals surface area contributed by atoms with Crippen LogP contribution in [0.2, 0.25) is 5.02 Å². The summed E-state index contributed by atoms with van der Waals surface area (Å²) in [7, 11) is 0. The third-order valence-electron chi connectivity index (χ3n) is 3.15. The molecule has 1 aromatic heterocycles. The van der Waals surface area contributed by atoms with Crippen LogP contribution < -0.4 is 5.32 Å². The van der Waals surface area contributed by atoms with Crippen LogP contribution in [0.4, 0.5) is 0 Å². The van der Waals surface area contributed by atoms with Crippen LogP contribution in [-0.4, -0.2) is 11.1 Å². The molecule has 0 amide bonds. The summed E-state index contributed by atoms with van der Waals surface area (Å²) in [6.07, 6.45) is 0. The summed E-state index contributed by atoms with van der Waals surface area (Å²) < 4.78 is 5.42. The van der Waals surface area contributed by atoms with E-state index in [2.05, 4.69) is 5.32 Å². The van der Waals surface area contributed by atoms with E-state index < -0.39 is 5.97 Å². The topological polar surface area (TPSA) is 62.5 Å². The number of aryl methyl sites for hydroxylation is 1. The van der Waals surface area contributed by atoms with Gasteiger partial charge in [0.05, 0.1) is 6.54 Å². The molecule has 1 heterocycles. The van der Waals surface area contributed by atoms with Crippen LogP contribution in [0, 0.1) is 6.92 Å². The number of rotatable bonds is 5. The van der Waals surface area contributed by atoms with Crippen molar-refractivity contribution < 1.29 is 14.3 Å². The second-order valence-electron chi connectivity index (χ2n) is 4.61. The first-order valence-electron chi connectivity index (χ1n) is 6.29. The molecule has 2 N–H and O–H groups in total. The molecule has 0 aliphatic carbocycles. The minimum absolute atomic E-state index is 0.0439. The zero-order chi connectivity index (χ0) is 14.7. The summed E-state index contributed by atoms with van der Waals surface area (Å²) >= 11 is 6.13. The van der Waals surface area contributed by atoms with Gasteiger partial charge in [0.2, 0.25) is 0 Å². The Kier molecular flexibility index (Phi) is 4.47. The molecule has 0 spiro atoms. The largest absolute Gasteiger partial charge is 0.478 e. The Balaban J connectivity index is 2.04. The molecule has 0 bridgehead atoms. The fraction of sp³-hybridized carbons (Fsp3) is 0.267. The van der Waals surface area contributed by atoms with E-state index >= 15 is 0 Å². The zero-order valence-corrected chi connectivity index (χ0v) is 12.1. The number of carbonyl (C=O) groups is 1. The third-order valence-corrected chi connectivity index (χ3v) is 3.50. The van der Waals surface area contributed by atoms with Crippen molar-refractivity contribution in [2.45, 2.75) is 26.4 Å². The highest BCUT2D eigenvalue weighted by Gasteiger charge is 2.15. The molecule has 1 atom stereocenters. The number of hydrogen-bond donors (Lipinski definition) is 2. The number of carboxylic acid groups (broad SMARTS) is 1. The van der Waals surface area contributed by atoms with Gasteiger partial charge in [0.25, 0.3) is 0 Å². The lowest BCUT2D eigenvalue weighted by atomic mass is 10.1. The lowest BCUT2D eigenvalue weighted by Crippen LogP contribution is -2.18. The molecule has 106 valence electrons. The molecule has 4 nitrogen and oxygen atoms in total. The highest BCUT2D eigenvalue weighted by Crippen LogP contribution is 2.23. The van der Waals surface area contributed by atoms with Crippen molar-refractivity contribution in [3.05, 3.63) is 58.0 Å². The Morgan fingerprint density at radius 2 is 2.15 bits per heavy atom. The van der Waals surface area contributed by atoms with Gasteiger partial charge in [0.1, 0.15) is 17.1 Å². The Labute approximate surface area is 122 Å². The Hall–Kier alpha value is -1.78. The average Bonchev–Trinajstić information content (AvgIpc) is 2.78. The maximum absolute atomic E-state index is 10.9. The molecule has 0 aliphatic heterocycles. The molecular formula is C15H16ClNO3. The Bertz CT molecular complexity index is 621. The lowest BCUT2D eigenvalue weighted by molar-refractivity contribution is 0.0695. The lowest BCUT2D eigenvalue weighted by Gasteiger charge is -2.14. The first kappa shape index (κ1) is 14.6. The molecule has 0 saturated carbocycles. The van der Waals surface area contributed by atoms with Crippen LogP contribution in [-0.2, 0) is 6.54 Å². The first-order chi connectivity index (χ1) is 9.49. The standard InChI is InChI=1S/C15H16ClNO3/c1-9(12-5-3-4-6-14(12)16)17-8-11-7-13(15(18)19)10(2)20-11/h3-7,9,17H,8H2,1-2H3,(H,18,19)/t9-/m1/s1. The summed E-state index contributed by atoms with van der Waals surface area (Å²) in [5.74, 6) is 0.0372. The van der Waals surface area contributed by atoms with E-state index in [1.807, 2.05) is 31.2 Å². The maximum Gasteiger partial charge on any atom is 0.339 e. The molecule has 0 fully saturated rings. The smallest absolute Gasteiger partial charge is 0.339 e. The second-order valence-corrected chi connectivity index (χ2v) is 5.02. The average molecular weight is 294 g/mol. The summed E-state index contributed by atoms with van der Waals surface area (Å²) in [4.78, 5) is 10.9. The minimum Gasteiger partial charge on any atom is -0.478 e.